The average molecular weight is 338 g/mol. The lowest BCUT2D eigenvalue weighted by Gasteiger charge is -2.22. The third-order valence-electron chi connectivity index (χ3n) is 4.02. The number of rotatable bonds is 5. The Hall–Kier alpha value is -2.08. The van der Waals surface area contributed by atoms with Crippen LogP contribution in [0.2, 0.25) is 5.02 Å². The van der Waals surface area contributed by atoms with E-state index in [4.69, 9.17) is 11.6 Å². The van der Waals surface area contributed by atoms with Gasteiger partial charge in [-0.1, -0.05) is 30.7 Å². The van der Waals surface area contributed by atoms with Crippen molar-refractivity contribution in [2.24, 2.45) is 0 Å². The molecule has 1 heterocycles. The summed E-state index contributed by atoms with van der Waals surface area (Å²) in [4.78, 5) is 37.6. The number of nitrogens with zero attached hydrogens (tertiary/aromatic N) is 1. The molecule has 1 aliphatic heterocycles. The summed E-state index contributed by atoms with van der Waals surface area (Å²) in [7, 11) is 0. The second-order valence-electron chi connectivity index (χ2n) is 5.83. The number of imide groups is 1. The van der Waals surface area contributed by atoms with Crippen LogP contribution in [0.3, 0.4) is 0 Å². The zero-order valence-electron chi connectivity index (χ0n) is 13.4. The van der Waals surface area contributed by atoms with Gasteiger partial charge >= 0.3 is 6.03 Å². The lowest BCUT2D eigenvalue weighted by atomic mass is 9.92. The molecule has 7 heteroatoms. The quantitative estimate of drug-likeness (QED) is 0.807. The molecule has 0 radical (unpaired) electrons. The van der Waals surface area contributed by atoms with Crippen molar-refractivity contribution < 1.29 is 14.4 Å². The summed E-state index contributed by atoms with van der Waals surface area (Å²) >= 11 is 5.85. The van der Waals surface area contributed by atoms with E-state index in [1.165, 1.54) is 0 Å². The molecule has 0 bridgehead atoms. The second kappa shape index (κ2) is 6.58. The first-order valence-corrected chi connectivity index (χ1v) is 7.85. The predicted molar refractivity (Wildman–Crippen MR) is 86.9 cm³/mol. The average Bonchev–Trinajstić information content (AvgIpc) is 2.72. The van der Waals surface area contributed by atoms with Crippen molar-refractivity contribution in [1.82, 2.24) is 15.5 Å². The number of halogens is 1. The molecule has 2 rings (SSSR count). The van der Waals surface area contributed by atoms with Crippen molar-refractivity contribution in [2.75, 3.05) is 6.54 Å². The molecule has 2 atom stereocenters. The van der Waals surface area contributed by atoms with Crippen LogP contribution in [0.4, 0.5) is 4.79 Å². The molecule has 0 aromatic heterocycles. The van der Waals surface area contributed by atoms with Crippen LogP contribution in [0.25, 0.3) is 0 Å². The highest BCUT2D eigenvalue weighted by Crippen LogP contribution is 2.29. The molecular weight excluding hydrogens is 318 g/mol. The monoisotopic (exact) mass is 337 g/mol. The fourth-order valence-corrected chi connectivity index (χ4v) is 2.51. The van der Waals surface area contributed by atoms with Crippen molar-refractivity contribution in [3.63, 3.8) is 0 Å². The van der Waals surface area contributed by atoms with Crippen molar-refractivity contribution in [3.8, 4) is 0 Å². The van der Waals surface area contributed by atoms with Crippen molar-refractivity contribution in [2.45, 2.75) is 38.8 Å². The van der Waals surface area contributed by atoms with Gasteiger partial charge in [-0.05, 0) is 38.0 Å². The van der Waals surface area contributed by atoms with E-state index in [0.717, 1.165) is 11.3 Å². The van der Waals surface area contributed by atoms with Crippen LogP contribution >= 0.6 is 11.6 Å². The SMILES string of the molecule is CC[C@H](C)NC(=O)CN1C(=O)N[C@](C)(c2ccc(Cl)cc2)C1=O. The Balaban J connectivity index is 2.16. The summed E-state index contributed by atoms with van der Waals surface area (Å²) in [6.07, 6.45) is 0.772. The summed E-state index contributed by atoms with van der Waals surface area (Å²) in [6.45, 7) is 5.12. The summed E-state index contributed by atoms with van der Waals surface area (Å²) in [6, 6.07) is 6.09. The van der Waals surface area contributed by atoms with Gasteiger partial charge in [0.2, 0.25) is 5.91 Å². The normalized spacial score (nSPS) is 22.0. The third kappa shape index (κ3) is 3.47. The van der Waals surface area contributed by atoms with Crippen LogP contribution in [-0.2, 0) is 15.1 Å². The zero-order chi connectivity index (χ0) is 17.2. The van der Waals surface area contributed by atoms with Crippen LogP contribution in [0.1, 0.15) is 32.8 Å². The largest absolute Gasteiger partial charge is 0.352 e. The molecule has 23 heavy (non-hydrogen) atoms. The van der Waals surface area contributed by atoms with Gasteiger partial charge in [-0.15, -0.1) is 0 Å². The van der Waals surface area contributed by atoms with Gasteiger partial charge in [0.25, 0.3) is 5.91 Å². The highest BCUT2D eigenvalue weighted by Gasteiger charge is 2.49. The van der Waals surface area contributed by atoms with Gasteiger partial charge in [-0.3, -0.25) is 14.5 Å². The standard InChI is InChI=1S/C16H20ClN3O3/c1-4-10(2)18-13(21)9-20-14(22)16(3,19-15(20)23)11-5-7-12(17)8-6-11/h5-8,10H,4,9H2,1-3H3,(H,18,21)(H,19,23)/t10-,16+/m0/s1. The van der Waals surface area contributed by atoms with E-state index in [-0.39, 0.29) is 18.5 Å². The fourth-order valence-electron chi connectivity index (χ4n) is 2.39. The summed E-state index contributed by atoms with van der Waals surface area (Å²) in [5, 5.41) is 5.94. The Kier molecular flexibility index (Phi) is 4.94. The van der Waals surface area contributed by atoms with E-state index in [2.05, 4.69) is 10.6 Å². The molecule has 0 saturated carbocycles. The third-order valence-corrected chi connectivity index (χ3v) is 4.27. The highest BCUT2D eigenvalue weighted by atomic mass is 35.5. The molecule has 1 aliphatic rings. The van der Waals surface area contributed by atoms with Gasteiger partial charge in [0, 0.05) is 11.1 Å². The highest BCUT2D eigenvalue weighted by molar-refractivity contribution is 6.30. The summed E-state index contributed by atoms with van der Waals surface area (Å²) < 4.78 is 0. The molecule has 1 saturated heterocycles. The van der Waals surface area contributed by atoms with E-state index in [1.54, 1.807) is 31.2 Å². The minimum absolute atomic E-state index is 0.00841. The molecular formula is C16H20ClN3O3. The number of nitrogens with one attached hydrogen (secondary N) is 2. The molecule has 6 nitrogen and oxygen atoms in total. The van der Waals surface area contributed by atoms with E-state index < -0.39 is 17.5 Å². The van der Waals surface area contributed by atoms with Crippen molar-refractivity contribution >= 4 is 29.4 Å². The number of amides is 4. The summed E-state index contributed by atoms with van der Waals surface area (Å²) in [5.74, 6) is -0.813. The Morgan fingerprint density at radius 1 is 1.35 bits per heavy atom. The lowest BCUT2D eigenvalue weighted by Crippen LogP contribution is -2.44. The predicted octanol–water partition coefficient (Wildman–Crippen LogP) is 2.02. The smallest absolute Gasteiger partial charge is 0.325 e. The van der Waals surface area contributed by atoms with E-state index in [1.807, 2.05) is 13.8 Å². The van der Waals surface area contributed by atoms with E-state index in [9.17, 15) is 14.4 Å². The van der Waals surface area contributed by atoms with Gasteiger partial charge in [-0.2, -0.15) is 0 Å². The van der Waals surface area contributed by atoms with Gasteiger partial charge in [-0.25, -0.2) is 4.79 Å². The Morgan fingerprint density at radius 3 is 2.52 bits per heavy atom. The Labute approximate surface area is 140 Å². The Morgan fingerprint density at radius 2 is 1.96 bits per heavy atom. The summed E-state index contributed by atoms with van der Waals surface area (Å²) in [5.41, 5.74) is -0.580. The van der Waals surface area contributed by atoms with Crippen LogP contribution < -0.4 is 10.6 Å². The molecule has 1 aromatic rings. The number of hydrogen-bond acceptors (Lipinski definition) is 3. The maximum atomic E-state index is 12.6. The van der Waals surface area contributed by atoms with Crippen LogP contribution in [0.5, 0.6) is 0 Å². The number of hydrogen-bond donors (Lipinski definition) is 2. The van der Waals surface area contributed by atoms with Crippen LogP contribution in [-0.4, -0.2) is 35.3 Å². The van der Waals surface area contributed by atoms with Gasteiger partial charge in [0.1, 0.15) is 12.1 Å². The van der Waals surface area contributed by atoms with Crippen LogP contribution in [0, 0.1) is 0 Å². The maximum absolute atomic E-state index is 12.6. The molecule has 0 spiro atoms. The van der Waals surface area contributed by atoms with Gasteiger partial charge in [0.15, 0.2) is 0 Å². The van der Waals surface area contributed by atoms with Crippen molar-refractivity contribution in [1.29, 1.82) is 0 Å². The first-order chi connectivity index (χ1) is 10.8. The number of urea groups is 1. The molecule has 0 unspecified atom stereocenters. The molecule has 1 aromatic carbocycles. The first kappa shape index (κ1) is 17.3. The lowest BCUT2D eigenvalue weighted by molar-refractivity contribution is -0.135. The number of benzene rings is 1. The number of carbonyl (C=O) groups excluding carboxylic acids is 3. The molecule has 1 fully saturated rings. The fraction of sp³-hybridized carbons (Fsp3) is 0.438. The molecule has 4 amide bonds. The maximum Gasteiger partial charge on any atom is 0.325 e. The van der Waals surface area contributed by atoms with Gasteiger partial charge in [0.05, 0.1) is 0 Å². The Bertz CT molecular complexity index is 632. The van der Waals surface area contributed by atoms with E-state index in [0.29, 0.717) is 10.6 Å². The topological polar surface area (TPSA) is 78.5 Å². The second-order valence-corrected chi connectivity index (χ2v) is 6.27. The van der Waals surface area contributed by atoms with Crippen molar-refractivity contribution in [3.05, 3.63) is 34.9 Å². The molecule has 0 aliphatic carbocycles. The molecule has 124 valence electrons. The first-order valence-electron chi connectivity index (χ1n) is 7.47. The number of carbonyl (C=O) groups is 3. The molecule has 2 N–H and O–H groups in total. The van der Waals surface area contributed by atoms with E-state index >= 15 is 0 Å². The minimum Gasteiger partial charge on any atom is -0.352 e. The zero-order valence-corrected chi connectivity index (χ0v) is 14.1. The van der Waals surface area contributed by atoms with Crippen LogP contribution in [0.15, 0.2) is 24.3 Å². The minimum atomic E-state index is -1.20. The van der Waals surface area contributed by atoms with Gasteiger partial charge < -0.3 is 10.6 Å².